The molecule has 38 heavy (non-hydrogen) atoms. The Bertz CT molecular complexity index is 1480. The minimum Gasteiger partial charge on any atom is -0.395 e. The van der Waals surface area contributed by atoms with Gasteiger partial charge in [-0.15, -0.1) is 0 Å². The molecule has 0 amide bonds. The van der Waals surface area contributed by atoms with Crippen LogP contribution < -0.4 is 10.9 Å². The van der Waals surface area contributed by atoms with E-state index in [4.69, 9.17) is 4.74 Å². The number of halogens is 1. The molecule has 0 aromatic carbocycles. The molecule has 2 saturated heterocycles. The number of hydrogen-bond acceptors (Lipinski definition) is 8. The second kappa shape index (κ2) is 9.97. The smallest absolute Gasteiger partial charge is 0.251 e. The molecule has 6 heterocycles. The largest absolute Gasteiger partial charge is 0.395 e. The number of pyridine rings is 2. The highest BCUT2D eigenvalue weighted by atomic mass is 19.1. The molecule has 198 valence electrons. The van der Waals surface area contributed by atoms with Crippen molar-refractivity contribution in [2.24, 2.45) is 0 Å². The number of imidazole rings is 1. The highest BCUT2D eigenvalue weighted by Gasteiger charge is 2.49. The third-order valence-electron chi connectivity index (χ3n) is 8.04. The van der Waals surface area contributed by atoms with Crippen LogP contribution in [0.25, 0.3) is 17.0 Å². The molecule has 3 aliphatic rings. The second-order valence-electron chi connectivity index (χ2n) is 10.3. The van der Waals surface area contributed by atoms with Gasteiger partial charge in [0.25, 0.3) is 5.56 Å². The topological polar surface area (TPSA) is 120 Å². The van der Waals surface area contributed by atoms with Crippen molar-refractivity contribution >= 4 is 11.0 Å². The van der Waals surface area contributed by atoms with E-state index in [0.29, 0.717) is 48.5 Å². The highest BCUT2D eigenvalue weighted by molar-refractivity contribution is 5.78. The van der Waals surface area contributed by atoms with Crippen molar-refractivity contribution in [3.8, 4) is 5.95 Å². The van der Waals surface area contributed by atoms with Crippen LogP contribution in [-0.2, 0) is 24.2 Å². The third kappa shape index (κ3) is 4.61. The van der Waals surface area contributed by atoms with Crippen molar-refractivity contribution in [3.63, 3.8) is 0 Å². The first kappa shape index (κ1) is 24.8. The Labute approximate surface area is 218 Å². The van der Waals surface area contributed by atoms with Gasteiger partial charge in [-0.05, 0) is 50.7 Å². The molecule has 1 aliphatic carbocycles. The summed E-state index contributed by atoms with van der Waals surface area (Å²) in [7, 11) is 0. The van der Waals surface area contributed by atoms with Gasteiger partial charge in [0.2, 0.25) is 5.95 Å². The Morgan fingerprint density at radius 2 is 1.92 bits per heavy atom. The van der Waals surface area contributed by atoms with Gasteiger partial charge in [0.1, 0.15) is 12.1 Å². The van der Waals surface area contributed by atoms with E-state index in [1.165, 1.54) is 16.8 Å². The van der Waals surface area contributed by atoms with E-state index in [-0.39, 0.29) is 29.9 Å². The van der Waals surface area contributed by atoms with Gasteiger partial charge < -0.3 is 19.7 Å². The second-order valence-corrected chi connectivity index (χ2v) is 10.3. The number of nitrogens with zero attached hydrogens (tertiary/aromatic N) is 6. The number of ether oxygens (including phenoxy) is 1. The van der Waals surface area contributed by atoms with Crippen LogP contribution in [0.3, 0.4) is 0 Å². The maximum atomic E-state index is 15.0. The fourth-order valence-electron chi connectivity index (χ4n) is 5.80. The molecule has 2 bridgehead atoms. The molecular weight excluding hydrogens is 489 g/mol. The summed E-state index contributed by atoms with van der Waals surface area (Å²) in [5.41, 5.74) is 1.68. The van der Waals surface area contributed by atoms with Crippen LogP contribution in [0.2, 0.25) is 0 Å². The summed E-state index contributed by atoms with van der Waals surface area (Å²) in [6.07, 6.45) is 13.0. The Morgan fingerprint density at radius 3 is 2.66 bits per heavy atom. The van der Waals surface area contributed by atoms with Crippen LogP contribution in [-0.4, -0.2) is 58.5 Å². The van der Waals surface area contributed by atoms with E-state index in [1.54, 1.807) is 35.4 Å². The van der Waals surface area contributed by atoms with Crippen LogP contribution in [0.1, 0.15) is 43.4 Å². The number of hydrogen-bond donors (Lipinski definition) is 2. The maximum Gasteiger partial charge on any atom is 0.251 e. The zero-order valence-corrected chi connectivity index (χ0v) is 21.0. The number of nitrogens with one attached hydrogen (secondary N) is 1. The van der Waals surface area contributed by atoms with Crippen molar-refractivity contribution in [2.45, 2.75) is 62.8 Å². The predicted molar refractivity (Wildman–Crippen MR) is 137 cm³/mol. The molecule has 2 aliphatic heterocycles. The SMILES string of the molecule is O=c1ccc2ncc(F)c(CCC34CCC(NCc5cn(-c6ncccn6)cn5)(CC3)CO4)c2n1CCO. The molecule has 11 heteroatoms. The molecule has 3 fully saturated rings. The summed E-state index contributed by atoms with van der Waals surface area (Å²) in [4.78, 5) is 29.6. The minimum atomic E-state index is -0.436. The molecule has 0 atom stereocenters. The van der Waals surface area contributed by atoms with Gasteiger partial charge in [-0.25, -0.2) is 19.3 Å². The fourth-order valence-corrected chi connectivity index (χ4v) is 5.80. The van der Waals surface area contributed by atoms with Gasteiger partial charge in [-0.3, -0.25) is 14.3 Å². The standard InChI is InChI=1S/C27H30FN7O3/c28-21-15-31-22-2-3-23(37)35(12-13-36)24(22)20(21)4-5-27-8-6-26(7-9-27,17-38-27)33-14-19-16-34(18-32-19)25-29-10-1-11-30-25/h1-3,10-11,15-16,18,33,36H,4-9,12-14,17H2. The van der Waals surface area contributed by atoms with Gasteiger partial charge in [0.05, 0.1) is 41.7 Å². The molecular formula is C27H30FN7O3. The number of aromatic nitrogens is 6. The maximum absolute atomic E-state index is 15.0. The normalized spacial score (nSPS) is 22.8. The van der Waals surface area contributed by atoms with Crippen molar-refractivity contribution < 1.29 is 14.2 Å². The Morgan fingerprint density at radius 1 is 1.11 bits per heavy atom. The lowest BCUT2D eigenvalue weighted by atomic mass is 9.69. The molecule has 1 saturated carbocycles. The molecule has 4 aromatic rings. The van der Waals surface area contributed by atoms with Crippen LogP contribution in [0, 0.1) is 5.82 Å². The molecule has 0 spiro atoms. The van der Waals surface area contributed by atoms with Crippen molar-refractivity contribution in [2.75, 3.05) is 13.2 Å². The Hall–Kier alpha value is -3.54. The molecule has 10 nitrogen and oxygen atoms in total. The van der Waals surface area contributed by atoms with E-state index < -0.39 is 5.82 Å². The lowest BCUT2D eigenvalue weighted by molar-refractivity contribution is -0.165. The van der Waals surface area contributed by atoms with E-state index in [9.17, 15) is 14.3 Å². The number of aryl methyl sites for hydroxylation is 1. The first-order valence-corrected chi connectivity index (χ1v) is 13.0. The van der Waals surface area contributed by atoms with Crippen molar-refractivity contribution in [3.05, 3.63) is 76.7 Å². The van der Waals surface area contributed by atoms with E-state index in [0.717, 1.165) is 31.4 Å². The molecule has 2 N–H and O–H groups in total. The van der Waals surface area contributed by atoms with Crippen LogP contribution in [0.5, 0.6) is 0 Å². The van der Waals surface area contributed by atoms with Crippen LogP contribution in [0.4, 0.5) is 4.39 Å². The fraction of sp³-hybridized carbons (Fsp3) is 0.444. The first-order valence-electron chi connectivity index (χ1n) is 13.0. The Kier molecular flexibility index (Phi) is 6.50. The third-order valence-corrected chi connectivity index (χ3v) is 8.04. The molecule has 0 radical (unpaired) electrons. The lowest BCUT2D eigenvalue weighted by Crippen LogP contribution is -2.61. The number of aliphatic hydroxyl groups excluding tert-OH is 1. The molecule has 4 aromatic heterocycles. The van der Waals surface area contributed by atoms with Gasteiger partial charge in [-0.2, -0.15) is 0 Å². The summed E-state index contributed by atoms with van der Waals surface area (Å²) in [5.74, 6) is 0.147. The molecule has 0 unspecified atom stereocenters. The number of rotatable bonds is 9. The van der Waals surface area contributed by atoms with Gasteiger partial charge in [-0.1, -0.05) is 0 Å². The summed E-state index contributed by atoms with van der Waals surface area (Å²) in [5, 5.41) is 13.1. The summed E-state index contributed by atoms with van der Waals surface area (Å²) in [6.45, 7) is 1.09. The zero-order chi connectivity index (χ0) is 26.2. The van der Waals surface area contributed by atoms with Crippen molar-refractivity contribution in [1.29, 1.82) is 0 Å². The monoisotopic (exact) mass is 519 g/mol. The molecule has 7 rings (SSSR count). The quantitative estimate of drug-likeness (QED) is 0.346. The zero-order valence-electron chi connectivity index (χ0n) is 21.0. The van der Waals surface area contributed by atoms with E-state index in [2.05, 4.69) is 25.3 Å². The lowest BCUT2D eigenvalue weighted by Gasteiger charge is -2.53. The predicted octanol–water partition coefficient (Wildman–Crippen LogP) is 2.31. The van der Waals surface area contributed by atoms with Crippen molar-refractivity contribution in [1.82, 2.24) is 34.4 Å². The summed E-state index contributed by atoms with van der Waals surface area (Å²) in [6, 6.07) is 4.80. The van der Waals surface area contributed by atoms with E-state index in [1.807, 2.05) is 6.20 Å². The average molecular weight is 520 g/mol. The van der Waals surface area contributed by atoms with Gasteiger partial charge in [0.15, 0.2) is 0 Å². The van der Waals surface area contributed by atoms with Gasteiger partial charge >= 0.3 is 0 Å². The summed E-state index contributed by atoms with van der Waals surface area (Å²) >= 11 is 0. The number of fused-ring (bicyclic) bond motifs is 4. The van der Waals surface area contributed by atoms with E-state index >= 15 is 0 Å². The first-order chi connectivity index (χ1) is 18.5. The van der Waals surface area contributed by atoms with Crippen LogP contribution in [0.15, 0.2) is 54.1 Å². The number of aliphatic hydroxyl groups is 1. The summed E-state index contributed by atoms with van der Waals surface area (Å²) < 4.78 is 24.7. The Balaban J connectivity index is 1.12. The average Bonchev–Trinajstić information content (AvgIpc) is 3.44. The van der Waals surface area contributed by atoms with Gasteiger partial charge in [0, 0.05) is 48.8 Å². The highest BCUT2D eigenvalue weighted by Crippen LogP contribution is 2.46. The minimum absolute atomic E-state index is 0.0980. The van der Waals surface area contributed by atoms with Crippen LogP contribution >= 0.6 is 0 Å².